The van der Waals surface area contributed by atoms with Crippen molar-refractivity contribution in [3.63, 3.8) is 0 Å². The van der Waals surface area contributed by atoms with E-state index in [1.165, 1.54) is 12.1 Å². The van der Waals surface area contributed by atoms with Crippen molar-refractivity contribution in [2.75, 3.05) is 0 Å². The number of rotatable bonds is 3. The zero-order valence-corrected chi connectivity index (χ0v) is 17.0. The first kappa shape index (κ1) is 19.9. The highest BCUT2D eigenvalue weighted by Crippen LogP contribution is 2.46. The molecule has 2 heterocycles. The van der Waals surface area contributed by atoms with E-state index in [0.717, 1.165) is 41.5 Å². The number of halogens is 1. The van der Waals surface area contributed by atoms with Gasteiger partial charge in [-0.05, 0) is 67.5 Å². The van der Waals surface area contributed by atoms with Gasteiger partial charge in [-0.25, -0.2) is 9.18 Å². The second kappa shape index (κ2) is 7.79. The smallest absolute Gasteiger partial charge is 0.410 e. The third-order valence-electron chi connectivity index (χ3n) is 6.39. The standard InChI is InChI=1S/C24H28FNO3/c1-16-11-19(25)12-17(2)22(16)24(28)13-20-9-6-10-21(14-24)26(20)23(27)29-15-18-7-4-3-5-8-18/h3-5,7-8,11-12,20-21,28H,6,9-10,13-15H2,1-2H3. The van der Waals surface area contributed by atoms with Gasteiger partial charge >= 0.3 is 6.09 Å². The molecule has 2 atom stereocenters. The minimum absolute atomic E-state index is 0.0698. The van der Waals surface area contributed by atoms with Crippen LogP contribution in [0.4, 0.5) is 9.18 Å². The molecule has 2 bridgehead atoms. The summed E-state index contributed by atoms with van der Waals surface area (Å²) in [5, 5.41) is 11.6. The van der Waals surface area contributed by atoms with Gasteiger partial charge in [0, 0.05) is 24.9 Å². The molecule has 5 heteroatoms. The quantitative estimate of drug-likeness (QED) is 0.794. The zero-order chi connectivity index (χ0) is 20.6. The van der Waals surface area contributed by atoms with E-state index in [0.29, 0.717) is 12.8 Å². The summed E-state index contributed by atoms with van der Waals surface area (Å²) in [5.41, 5.74) is 2.25. The first-order valence-electron chi connectivity index (χ1n) is 10.4. The third kappa shape index (κ3) is 3.88. The molecule has 29 heavy (non-hydrogen) atoms. The van der Waals surface area contributed by atoms with Crippen LogP contribution >= 0.6 is 0 Å². The number of aliphatic hydroxyl groups is 1. The van der Waals surface area contributed by atoms with Crippen molar-refractivity contribution >= 4 is 6.09 Å². The molecule has 2 unspecified atom stereocenters. The van der Waals surface area contributed by atoms with E-state index < -0.39 is 5.60 Å². The zero-order valence-electron chi connectivity index (χ0n) is 17.0. The molecule has 154 valence electrons. The van der Waals surface area contributed by atoms with Crippen LogP contribution < -0.4 is 0 Å². The number of fused-ring (bicyclic) bond motifs is 2. The number of ether oxygens (including phenoxy) is 1. The van der Waals surface area contributed by atoms with E-state index in [9.17, 15) is 14.3 Å². The lowest BCUT2D eigenvalue weighted by molar-refractivity contribution is -0.0902. The summed E-state index contributed by atoms with van der Waals surface area (Å²) in [7, 11) is 0. The SMILES string of the molecule is Cc1cc(F)cc(C)c1C1(O)CC2CCCC(C1)N2C(=O)OCc1ccccc1. The summed E-state index contributed by atoms with van der Waals surface area (Å²) in [4.78, 5) is 14.7. The molecular formula is C24H28FNO3. The molecule has 2 aliphatic heterocycles. The molecule has 1 amide bonds. The normalized spacial score (nSPS) is 26.3. The molecule has 0 saturated carbocycles. The monoisotopic (exact) mass is 397 g/mol. The second-order valence-corrected chi connectivity index (χ2v) is 8.54. The van der Waals surface area contributed by atoms with Crippen LogP contribution in [0.15, 0.2) is 42.5 Å². The van der Waals surface area contributed by atoms with Crippen molar-refractivity contribution in [2.45, 2.75) is 70.2 Å². The molecule has 0 radical (unpaired) electrons. The van der Waals surface area contributed by atoms with E-state index in [2.05, 4.69) is 0 Å². The number of hydrogen-bond donors (Lipinski definition) is 1. The maximum absolute atomic E-state index is 13.8. The summed E-state index contributed by atoms with van der Waals surface area (Å²) in [6.07, 6.45) is 3.33. The highest BCUT2D eigenvalue weighted by Gasteiger charge is 2.49. The number of piperidine rings is 2. The van der Waals surface area contributed by atoms with Crippen LogP contribution in [-0.2, 0) is 16.9 Å². The second-order valence-electron chi connectivity index (χ2n) is 8.54. The van der Waals surface area contributed by atoms with Gasteiger partial charge in [-0.1, -0.05) is 30.3 Å². The predicted octanol–water partition coefficient (Wildman–Crippen LogP) is 4.98. The van der Waals surface area contributed by atoms with Crippen LogP contribution in [0, 0.1) is 19.7 Å². The predicted molar refractivity (Wildman–Crippen MR) is 109 cm³/mol. The molecular weight excluding hydrogens is 369 g/mol. The van der Waals surface area contributed by atoms with Crippen molar-refractivity contribution in [3.05, 3.63) is 70.5 Å². The Hall–Kier alpha value is -2.40. The van der Waals surface area contributed by atoms with Crippen molar-refractivity contribution < 1.29 is 19.0 Å². The van der Waals surface area contributed by atoms with Gasteiger partial charge in [-0.2, -0.15) is 0 Å². The fraction of sp³-hybridized carbons (Fsp3) is 0.458. The Kier molecular flexibility index (Phi) is 5.34. The fourth-order valence-corrected chi connectivity index (χ4v) is 5.37. The Morgan fingerprint density at radius 2 is 1.72 bits per heavy atom. The number of nitrogens with zero attached hydrogens (tertiary/aromatic N) is 1. The van der Waals surface area contributed by atoms with Crippen molar-refractivity contribution in [3.8, 4) is 0 Å². The van der Waals surface area contributed by atoms with Gasteiger partial charge in [-0.15, -0.1) is 0 Å². The summed E-state index contributed by atoms with van der Waals surface area (Å²) in [5.74, 6) is -0.283. The lowest BCUT2D eigenvalue weighted by Gasteiger charge is -2.52. The summed E-state index contributed by atoms with van der Waals surface area (Å²) in [6.45, 7) is 3.94. The van der Waals surface area contributed by atoms with E-state index in [4.69, 9.17) is 4.74 Å². The number of benzene rings is 2. The number of carbonyl (C=O) groups is 1. The maximum atomic E-state index is 13.8. The van der Waals surface area contributed by atoms with Gasteiger partial charge < -0.3 is 14.7 Å². The molecule has 2 fully saturated rings. The number of amides is 1. The average molecular weight is 397 g/mol. The molecule has 0 aliphatic carbocycles. The van der Waals surface area contributed by atoms with E-state index >= 15 is 0 Å². The van der Waals surface area contributed by atoms with Crippen LogP contribution in [-0.4, -0.2) is 28.2 Å². The Morgan fingerprint density at radius 1 is 1.14 bits per heavy atom. The molecule has 2 aliphatic rings. The summed E-state index contributed by atoms with van der Waals surface area (Å²) < 4.78 is 19.4. The minimum atomic E-state index is -1.05. The molecule has 4 nitrogen and oxygen atoms in total. The Bertz CT molecular complexity index is 861. The molecule has 2 aromatic carbocycles. The van der Waals surface area contributed by atoms with Crippen molar-refractivity contribution in [1.29, 1.82) is 0 Å². The Balaban J connectivity index is 1.54. The Labute approximate surface area is 171 Å². The first-order chi connectivity index (χ1) is 13.9. The molecule has 2 aromatic rings. The van der Waals surface area contributed by atoms with E-state index in [1.807, 2.05) is 49.1 Å². The molecule has 2 saturated heterocycles. The highest BCUT2D eigenvalue weighted by atomic mass is 19.1. The minimum Gasteiger partial charge on any atom is -0.445 e. The van der Waals surface area contributed by atoms with Crippen LogP contribution in [0.1, 0.15) is 54.4 Å². The van der Waals surface area contributed by atoms with Crippen LogP contribution in [0.5, 0.6) is 0 Å². The first-order valence-corrected chi connectivity index (χ1v) is 10.4. The lowest BCUT2D eigenvalue weighted by Crippen LogP contribution is -2.59. The van der Waals surface area contributed by atoms with Gasteiger partial charge in [0.05, 0.1) is 5.60 Å². The van der Waals surface area contributed by atoms with Gasteiger partial charge in [0.25, 0.3) is 0 Å². The van der Waals surface area contributed by atoms with Gasteiger partial charge in [0.1, 0.15) is 12.4 Å². The largest absolute Gasteiger partial charge is 0.445 e. The fourth-order valence-electron chi connectivity index (χ4n) is 5.37. The van der Waals surface area contributed by atoms with Gasteiger partial charge in [0.2, 0.25) is 0 Å². The van der Waals surface area contributed by atoms with Crippen LogP contribution in [0.3, 0.4) is 0 Å². The molecule has 0 aromatic heterocycles. The molecule has 1 N–H and O–H groups in total. The maximum Gasteiger partial charge on any atom is 0.410 e. The van der Waals surface area contributed by atoms with Gasteiger partial charge in [-0.3, -0.25) is 0 Å². The number of aryl methyl sites for hydroxylation is 2. The van der Waals surface area contributed by atoms with Crippen molar-refractivity contribution in [1.82, 2.24) is 4.90 Å². The van der Waals surface area contributed by atoms with Crippen molar-refractivity contribution in [2.24, 2.45) is 0 Å². The van der Waals surface area contributed by atoms with Crippen LogP contribution in [0.2, 0.25) is 0 Å². The van der Waals surface area contributed by atoms with E-state index in [1.54, 1.807) is 0 Å². The molecule has 4 rings (SSSR count). The van der Waals surface area contributed by atoms with E-state index in [-0.39, 0.29) is 30.6 Å². The number of hydrogen-bond acceptors (Lipinski definition) is 3. The Morgan fingerprint density at radius 3 is 2.31 bits per heavy atom. The third-order valence-corrected chi connectivity index (χ3v) is 6.39. The van der Waals surface area contributed by atoms with Crippen LogP contribution in [0.25, 0.3) is 0 Å². The molecule has 0 spiro atoms. The highest BCUT2D eigenvalue weighted by molar-refractivity contribution is 5.69. The summed E-state index contributed by atoms with van der Waals surface area (Å²) >= 11 is 0. The topological polar surface area (TPSA) is 49.8 Å². The number of carbonyl (C=O) groups excluding carboxylic acids is 1. The van der Waals surface area contributed by atoms with Gasteiger partial charge in [0.15, 0.2) is 0 Å². The average Bonchev–Trinajstić information content (AvgIpc) is 2.65. The summed E-state index contributed by atoms with van der Waals surface area (Å²) in [6, 6.07) is 12.5. The lowest BCUT2D eigenvalue weighted by atomic mass is 9.70.